The van der Waals surface area contributed by atoms with Gasteiger partial charge >= 0.3 is 5.69 Å². The van der Waals surface area contributed by atoms with E-state index < -0.39 is 10.8 Å². The van der Waals surface area contributed by atoms with Crippen molar-refractivity contribution in [1.82, 2.24) is 5.43 Å². The number of amides is 1. The minimum absolute atomic E-state index is 0.119. The molecule has 1 aliphatic heterocycles. The van der Waals surface area contributed by atoms with Crippen molar-refractivity contribution in [3.05, 3.63) is 57.6 Å². The van der Waals surface area contributed by atoms with E-state index in [0.717, 1.165) is 0 Å². The van der Waals surface area contributed by atoms with Crippen LogP contribution in [-0.2, 0) is 0 Å². The molecule has 0 atom stereocenters. The lowest BCUT2D eigenvalue weighted by Gasteiger charge is -2.06. The van der Waals surface area contributed by atoms with Crippen LogP contribution in [0.2, 0.25) is 0 Å². The van der Waals surface area contributed by atoms with Crippen LogP contribution in [0, 0.1) is 10.1 Å². The van der Waals surface area contributed by atoms with Crippen molar-refractivity contribution in [2.45, 2.75) is 6.92 Å². The van der Waals surface area contributed by atoms with Crippen molar-refractivity contribution in [3.8, 4) is 17.2 Å². The number of rotatable bonds is 5. The van der Waals surface area contributed by atoms with Crippen molar-refractivity contribution in [2.75, 3.05) is 13.9 Å². The molecule has 0 fully saturated rings. The van der Waals surface area contributed by atoms with Crippen molar-refractivity contribution < 1.29 is 23.9 Å². The number of nitro groups is 1. The quantitative estimate of drug-likeness (QED) is 0.500. The third kappa shape index (κ3) is 3.41. The molecule has 0 saturated heterocycles. The van der Waals surface area contributed by atoms with E-state index >= 15 is 0 Å². The number of nitrogens with zero attached hydrogens (tertiary/aromatic N) is 2. The highest BCUT2D eigenvalue weighted by atomic mass is 16.7. The topological polar surface area (TPSA) is 112 Å². The lowest BCUT2D eigenvalue weighted by Crippen LogP contribution is -2.19. The fourth-order valence-electron chi connectivity index (χ4n) is 2.36. The number of nitrogens with one attached hydrogen (secondary N) is 1. The van der Waals surface area contributed by atoms with Crippen LogP contribution in [0.3, 0.4) is 0 Å². The standard InChI is InChI=1S/C17H15N3O6/c1-10(11-3-5-14(24-2)13(7-11)20(22)23)18-19-17(21)12-4-6-15-16(8-12)26-9-25-15/h3-8H,9H2,1-2H3,(H,19,21)/b18-10-. The molecule has 0 unspecified atom stereocenters. The number of hydrogen-bond acceptors (Lipinski definition) is 7. The molecular weight excluding hydrogens is 342 g/mol. The number of ether oxygens (including phenoxy) is 3. The summed E-state index contributed by atoms with van der Waals surface area (Å²) in [5, 5.41) is 15.1. The molecule has 1 amide bonds. The predicted octanol–water partition coefficient (Wildman–Crippen LogP) is 2.49. The first-order valence-electron chi connectivity index (χ1n) is 7.56. The summed E-state index contributed by atoms with van der Waals surface area (Å²) < 4.78 is 15.4. The largest absolute Gasteiger partial charge is 0.490 e. The Bertz CT molecular complexity index is 909. The van der Waals surface area contributed by atoms with E-state index in [-0.39, 0.29) is 18.2 Å². The fourth-order valence-corrected chi connectivity index (χ4v) is 2.36. The normalized spacial score (nSPS) is 12.6. The van der Waals surface area contributed by atoms with Crippen LogP contribution in [0.25, 0.3) is 0 Å². The molecule has 9 heteroatoms. The zero-order chi connectivity index (χ0) is 18.7. The number of hydrazone groups is 1. The predicted molar refractivity (Wildman–Crippen MR) is 91.9 cm³/mol. The average Bonchev–Trinajstić information content (AvgIpc) is 3.12. The zero-order valence-corrected chi connectivity index (χ0v) is 14.0. The van der Waals surface area contributed by atoms with E-state index in [1.165, 1.54) is 19.2 Å². The molecule has 1 N–H and O–H groups in total. The Labute approximate surface area is 148 Å². The minimum Gasteiger partial charge on any atom is -0.490 e. The number of fused-ring (bicyclic) bond motifs is 1. The van der Waals surface area contributed by atoms with Gasteiger partial charge < -0.3 is 14.2 Å². The fraction of sp³-hybridized carbons (Fsp3) is 0.176. The summed E-state index contributed by atoms with van der Waals surface area (Å²) in [6.07, 6.45) is 0. The van der Waals surface area contributed by atoms with Crippen LogP contribution < -0.4 is 19.6 Å². The molecular formula is C17H15N3O6. The lowest BCUT2D eigenvalue weighted by atomic mass is 10.1. The lowest BCUT2D eigenvalue weighted by molar-refractivity contribution is -0.385. The zero-order valence-electron chi connectivity index (χ0n) is 14.0. The van der Waals surface area contributed by atoms with E-state index in [9.17, 15) is 14.9 Å². The van der Waals surface area contributed by atoms with E-state index in [0.29, 0.717) is 28.3 Å². The maximum absolute atomic E-state index is 12.2. The van der Waals surface area contributed by atoms with Crippen LogP contribution >= 0.6 is 0 Å². The van der Waals surface area contributed by atoms with Gasteiger partial charge in [0.2, 0.25) is 6.79 Å². The van der Waals surface area contributed by atoms with Gasteiger partial charge in [-0.1, -0.05) is 0 Å². The molecule has 0 aromatic heterocycles. The second-order valence-electron chi connectivity index (χ2n) is 5.35. The molecule has 0 spiro atoms. The number of carbonyl (C=O) groups is 1. The smallest absolute Gasteiger partial charge is 0.311 e. The van der Waals surface area contributed by atoms with Gasteiger partial charge in [0.15, 0.2) is 17.2 Å². The van der Waals surface area contributed by atoms with Crippen molar-refractivity contribution in [2.24, 2.45) is 5.10 Å². The van der Waals surface area contributed by atoms with Crippen LogP contribution in [-0.4, -0.2) is 30.4 Å². The van der Waals surface area contributed by atoms with Gasteiger partial charge in [0.25, 0.3) is 5.91 Å². The molecule has 2 aromatic carbocycles. The van der Waals surface area contributed by atoms with Gasteiger partial charge in [-0.05, 0) is 37.3 Å². The summed E-state index contributed by atoms with van der Waals surface area (Å²) in [5.74, 6) is 0.775. The minimum atomic E-state index is -0.541. The number of methoxy groups -OCH3 is 1. The molecule has 3 rings (SSSR count). The molecule has 9 nitrogen and oxygen atoms in total. The van der Waals surface area contributed by atoms with Gasteiger partial charge in [0, 0.05) is 17.2 Å². The van der Waals surface area contributed by atoms with Crippen molar-refractivity contribution >= 4 is 17.3 Å². The number of benzene rings is 2. The molecule has 0 saturated carbocycles. The first kappa shape index (κ1) is 17.2. The molecule has 26 heavy (non-hydrogen) atoms. The first-order chi connectivity index (χ1) is 12.5. The van der Waals surface area contributed by atoms with Gasteiger partial charge in [-0.15, -0.1) is 0 Å². The third-order valence-electron chi connectivity index (χ3n) is 3.75. The molecule has 0 bridgehead atoms. The Hall–Kier alpha value is -3.62. The summed E-state index contributed by atoms with van der Waals surface area (Å²) in [6.45, 7) is 1.75. The second kappa shape index (κ2) is 7.09. The summed E-state index contributed by atoms with van der Waals surface area (Å²) in [7, 11) is 1.36. The van der Waals surface area contributed by atoms with Gasteiger partial charge in [-0.25, -0.2) is 5.43 Å². The molecule has 2 aromatic rings. The maximum Gasteiger partial charge on any atom is 0.311 e. The van der Waals surface area contributed by atoms with E-state index in [1.54, 1.807) is 31.2 Å². The van der Waals surface area contributed by atoms with Crippen LogP contribution in [0.5, 0.6) is 17.2 Å². The van der Waals surface area contributed by atoms with Gasteiger partial charge in [-0.2, -0.15) is 5.10 Å². The Balaban J connectivity index is 1.77. The molecule has 1 heterocycles. The Morgan fingerprint density at radius 1 is 1.19 bits per heavy atom. The summed E-state index contributed by atoms with van der Waals surface area (Å²) in [6, 6.07) is 9.22. The summed E-state index contributed by atoms with van der Waals surface area (Å²) in [5.41, 5.74) is 3.49. The number of carbonyl (C=O) groups excluding carboxylic acids is 1. The molecule has 0 radical (unpaired) electrons. The van der Waals surface area contributed by atoms with Gasteiger partial charge in [0.1, 0.15) is 0 Å². The van der Waals surface area contributed by atoms with Crippen LogP contribution in [0.15, 0.2) is 41.5 Å². The van der Waals surface area contributed by atoms with Gasteiger partial charge in [-0.3, -0.25) is 14.9 Å². The average molecular weight is 357 g/mol. The van der Waals surface area contributed by atoms with Gasteiger partial charge in [0.05, 0.1) is 17.7 Å². The van der Waals surface area contributed by atoms with Crippen molar-refractivity contribution in [3.63, 3.8) is 0 Å². The number of hydrogen-bond donors (Lipinski definition) is 1. The molecule has 134 valence electrons. The van der Waals surface area contributed by atoms with E-state index in [1.807, 2.05) is 0 Å². The SMILES string of the molecule is COc1ccc(/C(C)=N\NC(=O)c2ccc3c(c2)OCO3)cc1[N+](=O)[O-]. The summed E-state index contributed by atoms with van der Waals surface area (Å²) >= 11 is 0. The first-order valence-corrected chi connectivity index (χ1v) is 7.56. The highest BCUT2D eigenvalue weighted by Gasteiger charge is 2.17. The summed E-state index contributed by atoms with van der Waals surface area (Å²) in [4.78, 5) is 22.8. The van der Waals surface area contributed by atoms with Crippen LogP contribution in [0.4, 0.5) is 5.69 Å². The monoisotopic (exact) mass is 357 g/mol. The van der Waals surface area contributed by atoms with E-state index in [2.05, 4.69) is 10.5 Å². The maximum atomic E-state index is 12.2. The second-order valence-corrected chi connectivity index (χ2v) is 5.35. The number of nitro benzene ring substituents is 1. The molecule has 0 aliphatic carbocycles. The third-order valence-corrected chi connectivity index (χ3v) is 3.75. The Morgan fingerprint density at radius 2 is 1.92 bits per heavy atom. The van der Waals surface area contributed by atoms with Crippen molar-refractivity contribution in [1.29, 1.82) is 0 Å². The Morgan fingerprint density at radius 3 is 2.65 bits per heavy atom. The van der Waals surface area contributed by atoms with E-state index in [4.69, 9.17) is 14.2 Å². The Kier molecular flexibility index (Phi) is 4.70. The highest BCUT2D eigenvalue weighted by molar-refractivity contribution is 6.01. The van der Waals surface area contributed by atoms with Crippen LogP contribution in [0.1, 0.15) is 22.8 Å². The highest BCUT2D eigenvalue weighted by Crippen LogP contribution is 2.32. The molecule has 1 aliphatic rings.